The van der Waals surface area contributed by atoms with E-state index in [2.05, 4.69) is 20.8 Å². The fourth-order valence-electron chi connectivity index (χ4n) is 8.76. The highest BCUT2D eigenvalue weighted by Gasteiger charge is 2.60. The molecule has 0 radical (unpaired) electrons. The highest BCUT2D eigenvalue weighted by molar-refractivity contribution is 5.66. The maximum Gasteiger partial charge on any atom is 0.303 e. The predicted octanol–water partition coefficient (Wildman–Crippen LogP) is 5.51. The number of hydrogen-bond acceptors (Lipinski definition) is 2. The van der Waals surface area contributed by atoms with Crippen molar-refractivity contribution in [3.05, 3.63) is 0 Å². The molecule has 0 amide bonds. The van der Waals surface area contributed by atoms with Crippen molar-refractivity contribution in [1.29, 1.82) is 0 Å². The summed E-state index contributed by atoms with van der Waals surface area (Å²) in [4.78, 5) is 11.0. The number of aliphatic hydroxyl groups excluding tert-OH is 1. The molecule has 9 atom stereocenters. The van der Waals surface area contributed by atoms with Crippen molar-refractivity contribution in [3.8, 4) is 0 Å². The molecule has 154 valence electrons. The van der Waals surface area contributed by atoms with Crippen LogP contribution in [0.3, 0.4) is 0 Å². The minimum atomic E-state index is -0.643. The Bertz CT molecular complexity index is 574. The minimum absolute atomic E-state index is 0.0561. The molecule has 0 spiro atoms. The number of aliphatic carboxylic acids is 1. The van der Waals surface area contributed by atoms with E-state index in [1.54, 1.807) is 0 Å². The third-order valence-corrected chi connectivity index (χ3v) is 10.2. The van der Waals surface area contributed by atoms with E-state index in [0.29, 0.717) is 29.1 Å². The standard InChI is InChI=1S/C24H40O3/c1-15(4-9-22(26)27)19-7-8-20-18-6-5-16-14-17(25)10-12-23(16,2)21(18)11-13-24(19,20)3/h15-21,25H,4-14H2,1-3H3,(H,26,27)/t15-,16-,17-,18?,19?,20+,21?,23+,24-/m1/s1. The number of aliphatic hydroxyl groups is 1. The van der Waals surface area contributed by atoms with E-state index in [1.165, 1.54) is 44.9 Å². The van der Waals surface area contributed by atoms with Crippen LogP contribution in [-0.2, 0) is 4.79 Å². The Morgan fingerprint density at radius 3 is 2.44 bits per heavy atom. The zero-order valence-corrected chi connectivity index (χ0v) is 17.6. The summed E-state index contributed by atoms with van der Waals surface area (Å²) in [6, 6.07) is 0. The number of carboxylic acids is 1. The van der Waals surface area contributed by atoms with Crippen LogP contribution in [0.2, 0.25) is 0 Å². The molecule has 4 saturated carbocycles. The van der Waals surface area contributed by atoms with Gasteiger partial charge in [0, 0.05) is 6.42 Å². The van der Waals surface area contributed by atoms with Gasteiger partial charge in [-0.1, -0.05) is 20.8 Å². The summed E-state index contributed by atoms with van der Waals surface area (Å²) < 4.78 is 0. The van der Waals surface area contributed by atoms with E-state index < -0.39 is 5.97 Å². The van der Waals surface area contributed by atoms with E-state index in [4.69, 9.17) is 5.11 Å². The first-order valence-electron chi connectivity index (χ1n) is 11.7. The lowest BCUT2D eigenvalue weighted by Crippen LogP contribution is -2.54. The molecular formula is C24H40O3. The zero-order valence-electron chi connectivity index (χ0n) is 17.6. The number of carboxylic acid groups (broad SMARTS) is 1. The fraction of sp³-hybridized carbons (Fsp3) is 0.958. The monoisotopic (exact) mass is 376 g/mol. The molecule has 0 aromatic heterocycles. The van der Waals surface area contributed by atoms with Crippen LogP contribution < -0.4 is 0 Å². The smallest absolute Gasteiger partial charge is 0.303 e. The second-order valence-electron chi connectivity index (χ2n) is 11.2. The highest BCUT2D eigenvalue weighted by Crippen LogP contribution is 2.68. The molecule has 3 unspecified atom stereocenters. The number of fused-ring (bicyclic) bond motifs is 5. The third-order valence-electron chi connectivity index (χ3n) is 10.2. The molecule has 27 heavy (non-hydrogen) atoms. The van der Waals surface area contributed by atoms with Crippen molar-refractivity contribution in [2.45, 2.75) is 97.5 Å². The molecule has 4 fully saturated rings. The summed E-state index contributed by atoms with van der Waals surface area (Å²) in [5.74, 6) is 3.91. The second-order valence-corrected chi connectivity index (χ2v) is 11.2. The van der Waals surface area contributed by atoms with Gasteiger partial charge in [-0.05, 0) is 111 Å². The Balaban J connectivity index is 1.51. The number of hydrogen-bond donors (Lipinski definition) is 2. The molecule has 3 heteroatoms. The molecule has 0 heterocycles. The van der Waals surface area contributed by atoms with Crippen molar-refractivity contribution >= 4 is 5.97 Å². The average molecular weight is 377 g/mol. The molecule has 0 aromatic rings. The van der Waals surface area contributed by atoms with Gasteiger partial charge in [-0.3, -0.25) is 4.79 Å². The highest BCUT2D eigenvalue weighted by atomic mass is 16.4. The Hall–Kier alpha value is -0.570. The third kappa shape index (κ3) is 3.16. The Morgan fingerprint density at radius 1 is 1.00 bits per heavy atom. The maximum absolute atomic E-state index is 11.0. The summed E-state index contributed by atoms with van der Waals surface area (Å²) in [5, 5.41) is 19.3. The number of rotatable bonds is 4. The summed E-state index contributed by atoms with van der Waals surface area (Å²) in [6.45, 7) is 7.43. The van der Waals surface area contributed by atoms with Gasteiger partial charge >= 0.3 is 5.97 Å². The van der Waals surface area contributed by atoms with Crippen LogP contribution in [0.4, 0.5) is 0 Å². The Morgan fingerprint density at radius 2 is 1.70 bits per heavy atom. The van der Waals surface area contributed by atoms with E-state index >= 15 is 0 Å². The lowest BCUT2D eigenvalue weighted by atomic mass is 9.44. The molecule has 4 aliphatic rings. The molecule has 2 N–H and O–H groups in total. The Kier molecular flexibility index (Phi) is 5.15. The second kappa shape index (κ2) is 7.04. The minimum Gasteiger partial charge on any atom is -0.481 e. The van der Waals surface area contributed by atoms with Crippen molar-refractivity contribution in [3.63, 3.8) is 0 Å². The first kappa shape index (κ1) is 19.7. The van der Waals surface area contributed by atoms with Gasteiger partial charge in [0.25, 0.3) is 0 Å². The van der Waals surface area contributed by atoms with E-state index in [0.717, 1.165) is 42.9 Å². The molecule has 0 aliphatic heterocycles. The summed E-state index contributed by atoms with van der Waals surface area (Å²) in [5.41, 5.74) is 0.882. The van der Waals surface area contributed by atoms with E-state index in [-0.39, 0.29) is 6.10 Å². The number of carbonyl (C=O) groups is 1. The van der Waals surface area contributed by atoms with Gasteiger partial charge in [0.1, 0.15) is 0 Å². The van der Waals surface area contributed by atoms with Crippen molar-refractivity contribution in [2.75, 3.05) is 0 Å². The fourth-order valence-corrected chi connectivity index (χ4v) is 8.76. The van der Waals surface area contributed by atoms with Crippen LogP contribution in [-0.4, -0.2) is 22.3 Å². The molecule has 0 bridgehead atoms. The lowest BCUT2D eigenvalue weighted by Gasteiger charge is -2.61. The van der Waals surface area contributed by atoms with Crippen molar-refractivity contribution in [1.82, 2.24) is 0 Å². The van der Waals surface area contributed by atoms with Crippen molar-refractivity contribution < 1.29 is 15.0 Å². The van der Waals surface area contributed by atoms with Crippen LogP contribution in [0.25, 0.3) is 0 Å². The normalized spacial score (nSPS) is 50.4. The van der Waals surface area contributed by atoms with Gasteiger partial charge in [0.15, 0.2) is 0 Å². The summed E-state index contributed by atoms with van der Waals surface area (Å²) >= 11 is 0. The van der Waals surface area contributed by atoms with Gasteiger partial charge in [-0.25, -0.2) is 0 Å². The molecule has 4 rings (SSSR count). The van der Waals surface area contributed by atoms with Crippen LogP contribution in [0, 0.1) is 46.3 Å². The summed E-state index contributed by atoms with van der Waals surface area (Å²) in [7, 11) is 0. The van der Waals surface area contributed by atoms with Crippen LogP contribution in [0.5, 0.6) is 0 Å². The maximum atomic E-state index is 11.0. The first-order valence-corrected chi connectivity index (χ1v) is 11.7. The van der Waals surface area contributed by atoms with Crippen molar-refractivity contribution in [2.24, 2.45) is 46.3 Å². The molecule has 0 saturated heterocycles. The van der Waals surface area contributed by atoms with Gasteiger partial charge < -0.3 is 10.2 Å². The van der Waals surface area contributed by atoms with Gasteiger partial charge in [0.05, 0.1) is 6.10 Å². The Labute approximate surface area is 165 Å². The lowest BCUT2D eigenvalue weighted by molar-refractivity contribution is -0.138. The molecule has 0 aromatic carbocycles. The van der Waals surface area contributed by atoms with Gasteiger partial charge in [-0.15, -0.1) is 0 Å². The van der Waals surface area contributed by atoms with E-state index in [9.17, 15) is 9.90 Å². The van der Waals surface area contributed by atoms with Crippen LogP contribution in [0.15, 0.2) is 0 Å². The topological polar surface area (TPSA) is 57.5 Å². The molecular weight excluding hydrogens is 336 g/mol. The van der Waals surface area contributed by atoms with Gasteiger partial charge in [0.2, 0.25) is 0 Å². The molecule has 4 aliphatic carbocycles. The van der Waals surface area contributed by atoms with Crippen LogP contribution >= 0.6 is 0 Å². The molecule has 3 nitrogen and oxygen atoms in total. The predicted molar refractivity (Wildman–Crippen MR) is 107 cm³/mol. The summed E-state index contributed by atoms with van der Waals surface area (Å²) in [6.07, 6.45) is 12.4. The zero-order chi connectivity index (χ0) is 19.4. The largest absolute Gasteiger partial charge is 0.481 e. The SMILES string of the molecule is C[C@H](CCC(=O)O)C1CC[C@H]2C3CC[C@@H]4C[C@H](O)CC[C@]4(C)C3CC[C@]12C. The quantitative estimate of drug-likeness (QED) is 0.680. The van der Waals surface area contributed by atoms with E-state index in [1.807, 2.05) is 0 Å². The first-order chi connectivity index (χ1) is 12.8. The average Bonchev–Trinajstić information content (AvgIpc) is 2.97. The van der Waals surface area contributed by atoms with Gasteiger partial charge in [-0.2, -0.15) is 0 Å². The van der Waals surface area contributed by atoms with Crippen LogP contribution in [0.1, 0.15) is 91.4 Å².